The molecule has 1 fully saturated rings. The van der Waals surface area contributed by atoms with Crippen molar-refractivity contribution in [2.75, 3.05) is 13.3 Å². The Morgan fingerprint density at radius 1 is 1.18 bits per heavy atom. The molecule has 1 rings (SSSR count). The normalized spacial score (nSPS) is 26.2. The molecule has 0 N–H and O–H groups in total. The van der Waals surface area contributed by atoms with Crippen LogP contribution in [0.25, 0.3) is 0 Å². The highest BCUT2D eigenvalue weighted by Crippen LogP contribution is 2.40. The van der Waals surface area contributed by atoms with Crippen LogP contribution >= 0.6 is 0 Å². The van der Waals surface area contributed by atoms with Crippen LogP contribution in [-0.2, 0) is 9.22 Å². The van der Waals surface area contributed by atoms with Crippen LogP contribution in [0.15, 0.2) is 0 Å². The molecule has 1 aliphatic heterocycles. The molecule has 1 atom stereocenters. The fourth-order valence-corrected chi connectivity index (χ4v) is 2.58. The first-order valence-corrected chi connectivity index (χ1v) is 9.29. The predicted molar refractivity (Wildman–Crippen MR) is 73.0 cm³/mol. The number of nitrogens with zero attached hydrogens (tertiary/aromatic N) is 1. The van der Waals surface area contributed by atoms with Crippen molar-refractivity contribution >= 4 is 14.2 Å². The van der Waals surface area contributed by atoms with Gasteiger partial charge in [-0.05, 0) is 38.9 Å². The lowest BCUT2D eigenvalue weighted by molar-refractivity contribution is -0.830. The van der Waals surface area contributed by atoms with Crippen molar-refractivity contribution in [2.45, 2.75) is 65.2 Å². The van der Waals surface area contributed by atoms with E-state index in [4.69, 9.17) is 4.43 Å². The maximum atomic E-state index is 11.7. The van der Waals surface area contributed by atoms with Crippen molar-refractivity contribution in [1.82, 2.24) is 0 Å². The summed E-state index contributed by atoms with van der Waals surface area (Å²) in [7, 11) is -1.75. The Hall–Kier alpha value is -0.193. The lowest BCUT2D eigenvalue weighted by Gasteiger charge is -2.39. The Balaban J connectivity index is 2.72. The third-order valence-corrected chi connectivity index (χ3v) is 8.98. The van der Waals surface area contributed by atoms with Gasteiger partial charge in [0.15, 0.2) is 15.0 Å². The number of rotatable bonds is 3. The molecule has 0 unspecified atom stereocenters. The van der Waals surface area contributed by atoms with Crippen molar-refractivity contribution in [3.63, 3.8) is 0 Å². The molecule has 1 saturated heterocycles. The van der Waals surface area contributed by atoms with Gasteiger partial charge in [-0.25, -0.2) is 9.28 Å². The quantitative estimate of drug-likeness (QED) is 0.442. The summed E-state index contributed by atoms with van der Waals surface area (Å²) in [6, 6.07) is 0. The van der Waals surface area contributed by atoms with E-state index in [1.165, 1.54) is 0 Å². The molecule has 0 bridgehead atoms. The highest BCUT2D eigenvalue weighted by atomic mass is 28.4. The summed E-state index contributed by atoms with van der Waals surface area (Å²) in [6.45, 7) is 18.7. The molecule has 0 radical (unpaired) electrons. The van der Waals surface area contributed by atoms with Gasteiger partial charge in [0.1, 0.15) is 5.54 Å². The lowest BCUT2D eigenvalue weighted by atomic mass is 10.1. The van der Waals surface area contributed by atoms with Crippen LogP contribution in [0.2, 0.25) is 18.1 Å². The maximum Gasteiger partial charge on any atom is 0.371 e. The van der Waals surface area contributed by atoms with E-state index in [2.05, 4.69) is 54.6 Å². The van der Waals surface area contributed by atoms with Crippen LogP contribution in [0, 0.1) is 0 Å². The molecule has 0 saturated carbocycles. The summed E-state index contributed by atoms with van der Waals surface area (Å²) in [5, 5.41) is 0.202. The molecule has 1 aliphatic rings. The highest BCUT2D eigenvalue weighted by Gasteiger charge is 2.63. The van der Waals surface area contributed by atoms with Crippen LogP contribution in [0.3, 0.4) is 0 Å². The van der Waals surface area contributed by atoms with Gasteiger partial charge in [0.05, 0.1) is 0 Å². The molecule has 1 amide bonds. The summed E-state index contributed by atoms with van der Waals surface area (Å²) in [6.07, 6.45) is 0. The molecule has 4 heteroatoms. The fraction of sp³-hybridized carbons (Fsp3) is 0.923. The van der Waals surface area contributed by atoms with E-state index >= 15 is 0 Å². The van der Waals surface area contributed by atoms with Crippen LogP contribution in [0.4, 0.5) is 0 Å². The fourth-order valence-electron chi connectivity index (χ4n) is 1.61. The maximum absolute atomic E-state index is 11.7. The number of carbonyl (C=O) groups excluding carboxylic acids is 1. The van der Waals surface area contributed by atoms with Crippen LogP contribution in [-0.4, -0.2) is 37.5 Å². The molecule has 3 nitrogen and oxygen atoms in total. The summed E-state index contributed by atoms with van der Waals surface area (Å²) in [5.74, 6) is 0.316. The third-order valence-electron chi connectivity index (χ3n) is 4.52. The Morgan fingerprint density at radius 3 is 1.82 bits per heavy atom. The second-order valence-electron chi connectivity index (χ2n) is 7.72. The SMILES string of the molecule is CC(C)(C)[N@+]1(CO[Si](C)(C)C(C)(C)C)CC1=O. The van der Waals surface area contributed by atoms with Crippen molar-refractivity contribution in [3.8, 4) is 0 Å². The topological polar surface area (TPSA) is 26.3 Å². The number of carbonyl (C=O) groups is 1. The van der Waals surface area contributed by atoms with E-state index in [0.717, 1.165) is 0 Å². The standard InChI is InChI=1S/C13H28NO2Si/c1-12(2,3)14(9-11(14)15)10-16-17(7,8)13(4,5)6/h9-10H2,1-8H3/q+1/t14-/m0/s1. The van der Waals surface area contributed by atoms with Gasteiger partial charge in [-0.3, -0.25) is 0 Å². The second-order valence-corrected chi connectivity index (χ2v) is 12.5. The summed E-state index contributed by atoms with van der Waals surface area (Å²) in [4.78, 5) is 11.7. The molecule has 0 aromatic heterocycles. The number of amides is 1. The van der Waals surface area contributed by atoms with Crippen molar-refractivity contribution in [2.24, 2.45) is 0 Å². The van der Waals surface area contributed by atoms with Gasteiger partial charge in [0.25, 0.3) is 0 Å². The number of hydrogen-bond acceptors (Lipinski definition) is 2. The first-order chi connectivity index (χ1) is 7.33. The van der Waals surface area contributed by atoms with Gasteiger partial charge in [0.2, 0.25) is 6.54 Å². The molecule has 0 aliphatic carbocycles. The first kappa shape index (κ1) is 14.9. The highest BCUT2D eigenvalue weighted by molar-refractivity contribution is 6.74. The molecule has 100 valence electrons. The predicted octanol–water partition coefficient (Wildman–Crippen LogP) is 3.12. The average Bonchev–Trinajstić information content (AvgIpc) is 2.72. The van der Waals surface area contributed by atoms with Crippen LogP contribution < -0.4 is 0 Å². The lowest BCUT2D eigenvalue weighted by Crippen LogP contribution is -2.51. The van der Waals surface area contributed by atoms with E-state index in [0.29, 0.717) is 23.7 Å². The van der Waals surface area contributed by atoms with Crippen molar-refractivity contribution < 1.29 is 13.7 Å². The minimum absolute atomic E-state index is 0.0422. The Bertz CT molecular complexity index is 325. The van der Waals surface area contributed by atoms with Crippen LogP contribution in [0.1, 0.15) is 41.5 Å². The van der Waals surface area contributed by atoms with E-state index < -0.39 is 8.32 Å². The molecule has 1 heterocycles. The first-order valence-electron chi connectivity index (χ1n) is 6.38. The van der Waals surface area contributed by atoms with E-state index in [-0.39, 0.29) is 10.6 Å². The monoisotopic (exact) mass is 258 g/mol. The van der Waals surface area contributed by atoms with Gasteiger partial charge in [-0.2, -0.15) is 0 Å². The zero-order valence-corrected chi connectivity index (χ0v) is 13.7. The smallest absolute Gasteiger partial charge is 0.371 e. The third kappa shape index (κ3) is 2.64. The molecule has 17 heavy (non-hydrogen) atoms. The largest absolute Gasteiger partial charge is 0.372 e. The Kier molecular flexibility index (Phi) is 3.41. The second kappa shape index (κ2) is 3.90. The van der Waals surface area contributed by atoms with Crippen molar-refractivity contribution in [3.05, 3.63) is 0 Å². The van der Waals surface area contributed by atoms with Gasteiger partial charge >= 0.3 is 5.91 Å². The summed E-state index contributed by atoms with van der Waals surface area (Å²) in [5.41, 5.74) is -0.0422. The zero-order valence-electron chi connectivity index (χ0n) is 12.7. The molecule has 0 aromatic carbocycles. The molecular weight excluding hydrogens is 230 g/mol. The van der Waals surface area contributed by atoms with Gasteiger partial charge in [0, 0.05) is 0 Å². The van der Waals surface area contributed by atoms with Crippen LogP contribution in [0.5, 0.6) is 0 Å². The minimum atomic E-state index is -1.75. The Labute approximate surface area is 107 Å². The van der Waals surface area contributed by atoms with Gasteiger partial charge < -0.3 is 4.43 Å². The minimum Gasteiger partial charge on any atom is -0.372 e. The van der Waals surface area contributed by atoms with Crippen molar-refractivity contribution in [1.29, 1.82) is 0 Å². The van der Waals surface area contributed by atoms with E-state index in [1.54, 1.807) is 0 Å². The number of quaternary nitrogens is 1. The van der Waals surface area contributed by atoms with E-state index in [1.807, 2.05) is 0 Å². The Morgan fingerprint density at radius 2 is 1.59 bits per heavy atom. The molecular formula is C13H28NO2Si+. The average molecular weight is 258 g/mol. The van der Waals surface area contributed by atoms with E-state index in [9.17, 15) is 4.79 Å². The zero-order chi connectivity index (χ0) is 13.7. The summed E-state index contributed by atoms with van der Waals surface area (Å²) < 4.78 is 6.71. The van der Waals surface area contributed by atoms with Gasteiger partial charge in [-0.1, -0.05) is 20.8 Å². The molecule has 0 aromatic rings. The van der Waals surface area contributed by atoms with Gasteiger partial charge in [-0.15, -0.1) is 0 Å². The molecule has 0 spiro atoms. The summed E-state index contributed by atoms with van der Waals surface area (Å²) >= 11 is 0. The number of hydrogen-bond donors (Lipinski definition) is 0.